The van der Waals surface area contributed by atoms with Crippen LogP contribution in [0.15, 0.2) is 53.4 Å². The summed E-state index contributed by atoms with van der Waals surface area (Å²) in [6.45, 7) is 3.78. The summed E-state index contributed by atoms with van der Waals surface area (Å²) in [5.41, 5.74) is 0.533. The van der Waals surface area contributed by atoms with Gasteiger partial charge in [0.05, 0.1) is 5.56 Å². The third kappa shape index (κ3) is 5.34. The number of rotatable bonds is 7. The number of nitrogens with zero attached hydrogens (tertiary/aromatic N) is 2. The van der Waals surface area contributed by atoms with Crippen molar-refractivity contribution in [2.24, 2.45) is 0 Å². The third-order valence-corrected chi connectivity index (χ3v) is 7.16. The molecule has 0 bridgehead atoms. The Balaban J connectivity index is 1.74. The van der Waals surface area contributed by atoms with Gasteiger partial charge >= 0.3 is 5.97 Å². The van der Waals surface area contributed by atoms with Crippen molar-refractivity contribution in [3.63, 3.8) is 0 Å². The molecule has 0 spiro atoms. The zero-order valence-electron chi connectivity index (χ0n) is 18.2. The van der Waals surface area contributed by atoms with Gasteiger partial charge in [-0.15, -0.1) is 0 Å². The van der Waals surface area contributed by atoms with E-state index in [0.717, 1.165) is 24.6 Å². The molecule has 9 heteroatoms. The Morgan fingerprint density at radius 1 is 1.06 bits per heavy atom. The second kappa shape index (κ2) is 10.2. The van der Waals surface area contributed by atoms with Crippen LogP contribution in [0.3, 0.4) is 0 Å². The lowest BCUT2D eigenvalue weighted by atomic mass is 10.2. The molecule has 2 aromatic carbocycles. The highest BCUT2D eigenvalue weighted by molar-refractivity contribution is 7.89. The first-order valence-corrected chi connectivity index (χ1v) is 12.0. The number of para-hydroxylation sites is 1. The minimum absolute atomic E-state index is 0.134. The molecule has 172 valence electrons. The minimum atomic E-state index is -4.07. The van der Waals surface area contributed by atoms with Crippen LogP contribution in [0, 0.1) is 5.82 Å². The Kier molecular flexibility index (Phi) is 7.63. The number of sulfonamides is 1. The first kappa shape index (κ1) is 23.9. The lowest BCUT2D eigenvalue weighted by molar-refractivity contribution is -0.122. The molecule has 2 aromatic rings. The molecule has 7 nitrogen and oxygen atoms in total. The summed E-state index contributed by atoms with van der Waals surface area (Å²) in [6.07, 6.45) is 2.34. The van der Waals surface area contributed by atoms with Gasteiger partial charge in [-0.3, -0.25) is 4.79 Å². The number of halogens is 1. The molecule has 1 amide bonds. The lowest BCUT2D eigenvalue weighted by Crippen LogP contribution is -2.40. The molecule has 0 unspecified atom stereocenters. The molecule has 1 fully saturated rings. The van der Waals surface area contributed by atoms with E-state index in [1.165, 1.54) is 9.21 Å². The number of benzene rings is 2. The Hall–Kier alpha value is -2.78. The van der Waals surface area contributed by atoms with E-state index in [1.54, 1.807) is 24.3 Å². The van der Waals surface area contributed by atoms with Gasteiger partial charge in [-0.25, -0.2) is 17.6 Å². The van der Waals surface area contributed by atoms with Gasteiger partial charge in [0.15, 0.2) is 6.61 Å². The molecular weight excluding hydrogens is 435 g/mol. The number of esters is 1. The molecule has 1 aliphatic rings. The quantitative estimate of drug-likeness (QED) is 0.587. The number of hydrogen-bond donors (Lipinski definition) is 0. The fraction of sp³-hybridized carbons (Fsp3) is 0.391. The van der Waals surface area contributed by atoms with E-state index in [9.17, 15) is 22.4 Å². The molecule has 1 heterocycles. The highest BCUT2D eigenvalue weighted by Crippen LogP contribution is 2.24. The van der Waals surface area contributed by atoms with E-state index in [0.29, 0.717) is 31.6 Å². The van der Waals surface area contributed by atoms with Gasteiger partial charge in [-0.2, -0.15) is 4.31 Å². The van der Waals surface area contributed by atoms with Crippen molar-refractivity contribution in [2.45, 2.75) is 44.0 Å². The fourth-order valence-electron chi connectivity index (χ4n) is 3.67. The van der Waals surface area contributed by atoms with Crippen molar-refractivity contribution in [3.05, 3.63) is 59.9 Å². The molecule has 1 aliphatic heterocycles. The van der Waals surface area contributed by atoms with Crippen LogP contribution in [0.2, 0.25) is 0 Å². The fourth-order valence-corrected chi connectivity index (χ4v) is 5.28. The lowest BCUT2D eigenvalue weighted by Gasteiger charge is -2.27. The van der Waals surface area contributed by atoms with Crippen molar-refractivity contribution >= 4 is 27.6 Å². The summed E-state index contributed by atoms with van der Waals surface area (Å²) in [7, 11) is -4.07. The van der Waals surface area contributed by atoms with Crippen LogP contribution in [0.1, 0.15) is 43.5 Å². The average Bonchev–Trinajstić information content (AvgIpc) is 2.79. The number of piperidine rings is 1. The maximum Gasteiger partial charge on any atom is 0.338 e. The van der Waals surface area contributed by atoms with Gasteiger partial charge in [-0.1, -0.05) is 24.6 Å². The van der Waals surface area contributed by atoms with Crippen LogP contribution in [0.25, 0.3) is 0 Å². The van der Waals surface area contributed by atoms with E-state index in [-0.39, 0.29) is 11.6 Å². The van der Waals surface area contributed by atoms with Crippen molar-refractivity contribution in [2.75, 3.05) is 24.6 Å². The van der Waals surface area contributed by atoms with Crippen LogP contribution < -0.4 is 4.90 Å². The zero-order valence-corrected chi connectivity index (χ0v) is 19.0. The normalized spacial score (nSPS) is 14.9. The van der Waals surface area contributed by atoms with Crippen LogP contribution in [-0.2, 0) is 19.6 Å². The first-order chi connectivity index (χ1) is 15.2. The number of ether oxygens (including phenoxy) is 1. The zero-order chi connectivity index (χ0) is 23.3. The monoisotopic (exact) mass is 462 g/mol. The smallest absolute Gasteiger partial charge is 0.338 e. The summed E-state index contributed by atoms with van der Waals surface area (Å²) in [6, 6.07) is 11.9. The number of amides is 1. The largest absolute Gasteiger partial charge is 0.452 e. The van der Waals surface area contributed by atoms with Gasteiger partial charge < -0.3 is 9.64 Å². The van der Waals surface area contributed by atoms with E-state index in [1.807, 2.05) is 19.9 Å². The Morgan fingerprint density at radius 3 is 2.34 bits per heavy atom. The highest BCUT2D eigenvalue weighted by Gasteiger charge is 2.30. The molecule has 0 aromatic heterocycles. The SMILES string of the molecule is CC(C)N(C(=O)COC(=O)c1ccc(F)c(S(=O)(=O)N2CCCCC2)c1)c1ccccc1. The van der Waals surface area contributed by atoms with Gasteiger partial charge in [-0.05, 0) is 57.0 Å². The van der Waals surface area contributed by atoms with E-state index in [2.05, 4.69) is 0 Å². The maximum absolute atomic E-state index is 14.4. The molecule has 0 saturated carbocycles. The Morgan fingerprint density at radius 2 is 1.72 bits per heavy atom. The number of hydrogen-bond acceptors (Lipinski definition) is 5. The maximum atomic E-state index is 14.4. The molecule has 0 atom stereocenters. The van der Waals surface area contributed by atoms with Crippen LogP contribution >= 0.6 is 0 Å². The van der Waals surface area contributed by atoms with Gasteiger partial charge in [0.2, 0.25) is 10.0 Å². The number of carbonyl (C=O) groups is 2. The summed E-state index contributed by atoms with van der Waals surface area (Å²) < 4.78 is 46.4. The molecule has 0 radical (unpaired) electrons. The predicted molar refractivity (Wildman–Crippen MR) is 118 cm³/mol. The molecular formula is C23H27FN2O5S. The van der Waals surface area contributed by atoms with Gasteiger partial charge in [0, 0.05) is 24.8 Å². The number of anilines is 1. The molecule has 3 rings (SSSR count). The molecule has 0 N–H and O–H groups in total. The van der Waals surface area contributed by atoms with Crippen molar-refractivity contribution in [3.8, 4) is 0 Å². The van der Waals surface area contributed by atoms with Crippen molar-refractivity contribution < 1.29 is 27.1 Å². The standard InChI is InChI=1S/C23H27FN2O5S/c1-17(2)26(19-9-5-3-6-10-19)22(27)16-31-23(28)18-11-12-20(24)21(15-18)32(29,30)25-13-7-4-8-14-25/h3,5-6,9-12,15,17H,4,7-8,13-14,16H2,1-2H3. The average molecular weight is 463 g/mol. The van der Waals surface area contributed by atoms with Crippen molar-refractivity contribution in [1.82, 2.24) is 4.31 Å². The van der Waals surface area contributed by atoms with Gasteiger partial charge in [0.25, 0.3) is 5.91 Å². The minimum Gasteiger partial charge on any atom is -0.452 e. The van der Waals surface area contributed by atoms with Crippen molar-refractivity contribution in [1.29, 1.82) is 0 Å². The summed E-state index contributed by atoms with van der Waals surface area (Å²) in [5, 5.41) is 0. The van der Waals surface area contributed by atoms with Crippen LogP contribution in [0.4, 0.5) is 10.1 Å². The third-order valence-electron chi connectivity index (χ3n) is 5.25. The predicted octanol–water partition coefficient (Wildman–Crippen LogP) is 3.60. The second-order valence-electron chi connectivity index (χ2n) is 7.88. The number of carbonyl (C=O) groups excluding carboxylic acids is 2. The van der Waals surface area contributed by atoms with E-state index in [4.69, 9.17) is 4.74 Å². The van der Waals surface area contributed by atoms with Crippen LogP contribution in [-0.4, -0.2) is 50.3 Å². The Labute approximate surface area is 187 Å². The Bertz CT molecular complexity index is 1070. The second-order valence-corrected chi connectivity index (χ2v) is 9.79. The molecule has 32 heavy (non-hydrogen) atoms. The molecule has 1 saturated heterocycles. The highest BCUT2D eigenvalue weighted by atomic mass is 32.2. The topological polar surface area (TPSA) is 84.0 Å². The van der Waals surface area contributed by atoms with E-state index < -0.39 is 39.2 Å². The van der Waals surface area contributed by atoms with Crippen LogP contribution in [0.5, 0.6) is 0 Å². The van der Waals surface area contributed by atoms with Gasteiger partial charge in [0.1, 0.15) is 10.7 Å². The summed E-state index contributed by atoms with van der Waals surface area (Å²) in [5.74, 6) is -2.26. The first-order valence-electron chi connectivity index (χ1n) is 10.6. The summed E-state index contributed by atoms with van der Waals surface area (Å²) >= 11 is 0. The van der Waals surface area contributed by atoms with E-state index >= 15 is 0 Å². The molecule has 0 aliphatic carbocycles. The summed E-state index contributed by atoms with van der Waals surface area (Å²) in [4.78, 5) is 26.2.